The number of para-hydroxylation sites is 2. The highest BCUT2D eigenvalue weighted by atomic mass is 16.7. The normalized spacial score (nSPS) is 15.3. The quantitative estimate of drug-likeness (QED) is 0.0409. The molecule has 2 fully saturated rings. The fourth-order valence-electron chi connectivity index (χ4n) is 15.8. The maximum absolute atomic E-state index is 12.6. The van der Waals surface area contributed by atoms with Crippen molar-refractivity contribution in [2.24, 2.45) is 0 Å². The molecule has 4 N–H and O–H groups in total. The predicted octanol–water partition coefficient (Wildman–Crippen LogP) is 15.3. The Morgan fingerprint density at radius 2 is 0.694 bits per heavy atom. The van der Waals surface area contributed by atoms with Gasteiger partial charge in [-0.25, -0.2) is 9.97 Å². The van der Waals surface area contributed by atoms with Gasteiger partial charge in [0, 0.05) is 136 Å². The Morgan fingerprint density at radius 3 is 1.12 bits per heavy atom. The number of phenols is 4. The summed E-state index contributed by atoms with van der Waals surface area (Å²) in [6.07, 6.45) is 6.76. The second kappa shape index (κ2) is 38.3. The Hall–Kier alpha value is -14.5. The third-order valence-corrected chi connectivity index (χ3v) is 21.8. The highest BCUT2D eigenvalue weighted by Gasteiger charge is 2.40. The van der Waals surface area contributed by atoms with E-state index in [4.69, 9.17) is 14.5 Å². The number of hydrogen-bond acceptors (Lipinski definition) is 19. The lowest BCUT2D eigenvalue weighted by atomic mass is 10.1. The topological polar surface area (TPSA) is 269 Å². The summed E-state index contributed by atoms with van der Waals surface area (Å²) in [4.78, 5) is 111. The third kappa shape index (κ3) is 19.2. The van der Waals surface area contributed by atoms with Crippen molar-refractivity contribution >= 4 is 58.2 Å². The van der Waals surface area contributed by atoms with Crippen molar-refractivity contribution in [1.29, 1.82) is 0 Å². The molecule has 0 saturated carbocycles. The zero-order valence-electron chi connectivity index (χ0n) is 66.7. The van der Waals surface area contributed by atoms with Gasteiger partial charge >= 0.3 is 0 Å². The zero-order valence-corrected chi connectivity index (χ0v) is 66.7. The van der Waals surface area contributed by atoms with Crippen LogP contribution in [0.2, 0.25) is 0 Å². The number of phenolic OH excluding ortho intramolecular Hbond substituents is 4. The minimum Gasteiger partial charge on any atom is -0.508 e. The molecule has 0 radical (unpaired) electrons. The van der Waals surface area contributed by atoms with Gasteiger partial charge in [0.15, 0.2) is 0 Å². The summed E-state index contributed by atoms with van der Waals surface area (Å²) in [6.45, 7) is 9.13. The molecule has 18 rings (SSSR count). The van der Waals surface area contributed by atoms with Gasteiger partial charge in [0.05, 0.1) is 77.2 Å². The zero-order chi connectivity index (χ0) is 83.7. The fraction of sp³-hybridized carbons (Fsp3) is 0.196. The number of imide groups is 3. The summed E-state index contributed by atoms with van der Waals surface area (Å²) in [7, 11) is 0. The van der Waals surface area contributed by atoms with Gasteiger partial charge in [-0.05, 0) is 139 Å². The molecule has 13 aromatic rings. The van der Waals surface area contributed by atoms with Crippen LogP contribution in [0.5, 0.6) is 23.0 Å². The number of imidazole rings is 2. The summed E-state index contributed by atoms with van der Waals surface area (Å²) in [5, 5.41) is 41.9. The number of aromatic hydroxyl groups is 4. The van der Waals surface area contributed by atoms with Crippen molar-refractivity contribution in [3.05, 3.63) is 371 Å². The summed E-state index contributed by atoms with van der Waals surface area (Å²) in [6, 6.07) is 90.4. The number of rotatable bonds is 24. The van der Waals surface area contributed by atoms with Crippen LogP contribution in [0.4, 0.5) is 22.7 Å². The smallest absolute Gasteiger partial charge is 0.285 e. The van der Waals surface area contributed by atoms with Gasteiger partial charge in [0.1, 0.15) is 23.0 Å². The van der Waals surface area contributed by atoms with E-state index in [-0.39, 0.29) is 43.1 Å². The van der Waals surface area contributed by atoms with Crippen molar-refractivity contribution in [1.82, 2.24) is 34.3 Å². The first-order valence-corrected chi connectivity index (χ1v) is 40.4. The van der Waals surface area contributed by atoms with Gasteiger partial charge in [0.2, 0.25) is 0 Å². The summed E-state index contributed by atoms with van der Waals surface area (Å²) in [5.74, 6) is -1.67. The van der Waals surface area contributed by atoms with E-state index in [1.807, 2.05) is 124 Å². The summed E-state index contributed by atoms with van der Waals surface area (Å²) in [5.41, 5.74) is 14.2. The van der Waals surface area contributed by atoms with E-state index >= 15 is 0 Å². The maximum atomic E-state index is 12.6. The lowest BCUT2D eigenvalue weighted by molar-refractivity contribution is -0.0930. The van der Waals surface area contributed by atoms with Crippen LogP contribution in [0.1, 0.15) is 116 Å². The predicted molar refractivity (Wildman–Crippen MR) is 460 cm³/mol. The van der Waals surface area contributed by atoms with E-state index in [0.717, 1.165) is 123 Å². The van der Waals surface area contributed by atoms with Crippen molar-refractivity contribution in [2.75, 3.05) is 78.7 Å². The second-order valence-corrected chi connectivity index (χ2v) is 29.6. The second-order valence-electron chi connectivity index (χ2n) is 29.6. The first-order valence-electron chi connectivity index (χ1n) is 40.4. The van der Waals surface area contributed by atoms with Gasteiger partial charge in [0.25, 0.3) is 35.4 Å². The molecule has 24 nitrogen and oxygen atoms in total. The Balaban J connectivity index is 0.000000127. The molecule has 24 heteroatoms. The van der Waals surface area contributed by atoms with Gasteiger partial charge in [-0.1, -0.05) is 177 Å². The van der Waals surface area contributed by atoms with Crippen LogP contribution in [-0.4, -0.2) is 161 Å². The van der Waals surface area contributed by atoms with E-state index in [0.29, 0.717) is 83.9 Å². The lowest BCUT2D eigenvalue weighted by Gasteiger charge is -2.44. The number of fused-ring (bicyclic) bond motifs is 3. The molecule has 7 heterocycles. The molecular weight excluding hydrogens is 1530 g/mol. The number of hydrogen-bond donors (Lipinski definition) is 4. The van der Waals surface area contributed by atoms with Crippen LogP contribution < -0.4 is 19.6 Å². The molecular formula is C97H91N11O13. The van der Waals surface area contributed by atoms with Crippen molar-refractivity contribution in [3.8, 4) is 34.3 Å². The van der Waals surface area contributed by atoms with Crippen LogP contribution in [0.15, 0.2) is 304 Å². The molecule has 6 amide bonds. The molecule has 0 bridgehead atoms. The Kier molecular flexibility index (Phi) is 25.9. The Bertz CT molecular complexity index is 5710. The van der Waals surface area contributed by atoms with Gasteiger partial charge in [-0.15, -0.1) is 15.2 Å². The van der Waals surface area contributed by atoms with Crippen molar-refractivity contribution in [2.45, 2.75) is 64.2 Å². The maximum Gasteiger partial charge on any atom is 0.285 e. The molecule has 2 unspecified atom stereocenters. The van der Waals surface area contributed by atoms with E-state index in [1.54, 1.807) is 140 Å². The molecule has 11 aromatic carbocycles. The molecule has 5 aliphatic heterocycles. The molecule has 0 aliphatic carbocycles. The van der Waals surface area contributed by atoms with Crippen LogP contribution in [0.3, 0.4) is 0 Å². The molecule has 612 valence electrons. The number of piperazine rings is 2. The van der Waals surface area contributed by atoms with Crippen LogP contribution in [0, 0.1) is 0 Å². The van der Waals surface area contributed by atoms with E-state index in [2.05, 4.69) is 85.0 Å². The summed E-state index contributed by atoms with van der Waals surface area (Å²) >= 11 is 0. The minimum absolute atomic E-state index is 0.0657. The highest BCUT2D eigenvalue weighted by Crippen LogP contribution is 2.34. The number of anilines is 4. The van der Waals surface area contributed by atoms with Crippen molar-refractivity contribution in [3.63, 3.8) is 0 Å². The van der Waals surface area contributed by atoms with Gasteiger partial charge in [-0.2, -0.15) is 0 Å². The number of hydroxylamine groups is 6. The third-order valence-electron chi connectivity index (χ3n) is 21.8. The molecule has 0 spiro atoms. The highest BCUT2D eigenvalue weighted by molar-refractivity contribution is 6.22. The van der Waals surface area contributed by atoms with Gasteiger partial charge < -0.3 is 49.2 Å². The number of aromatic nitrogens is 4. The molecule has 2 saturated heterocycles. The SMILES string of the molecule is CCC1CN(c2ccccc2)CCN1c1cccc(O)c1.O=C1c2ccccc2C(=O)N1OCCC1CN(c2ccccc2)CCN1c1cccc(O)c1.O=C1c2ccccc2C(=O)N1OCCc1c(-c2ccccc2)ncn1Cc1cccc(O)c1.O=C1c2ccccc2C(=O)N1OCCc1c(Cc2ccccc2)ncn1Cc1cccc(O)c1. The van der Waals surface area contributed by atoms with Crippen LogP contribution >= 0.6 is 0 Å². The number of benzene rings is 11. The minimum atomic E-state index is -0.452. The molecule has 2 aromatic heterocycles. The largest absolute Gasteiger partial charge is 0.508 e. The number of carbonyl (C=O) groups excluding carboxylic acids is 6. The van der Waals surface area contributed by atoms with Crippen LogP contribution in [0.25, 0.3) is 11.3 Å². The first-order chi connectivity index (χ1) is 59.1. The monoisotopic (exact) mass is 1620 g/mol. The van der Waals surface area contributed by atoms with Crippen LogP contribution in [-0.2, 0) is 46.9 Å². The number of amides is 6. The first kappa shape index (κ1) is 81.7. The number of nitrogens with zero attached hydrogens (tertiary/aromatic N) is 11. The van der Waals surface area contributed by atoms with E-state index in [1.165, 1.54) is 5.69 Å². The van der Waals surface area contributed by atoms with E-state index < -0.39 is 35.4 Å². The Labute approximate surface area is 700 Å². The fourth-order valence-corrected chi connectivity index (χ4v) is 15.8. The molecule has 2 atom stereocenters. The lowest BCUT2D eigenvalue weighted by Crippen LogP contribution is -2.54. The van der Waals surface area contributed by atoms with E-state index in [9.17, 15) is 49.2 Å². The van der Waals surface area contributed by atoms with Crippen molar-refractivity contribution < 1.29 is 63.7 Å². The average molecular weight is 1620 g/mol. The Morgan fingerprint density at radius 1 is 0.347 bits per heavy atom. The molecule has 121 heavy (non-hydrogen) atoms. The summed E-state index contributed by atoms with van der Waals surface area (Å²) < 4.78 is 4.00. The average Bonchev–Trinajstić information content (AvgIpc) is 1.67. The molecule has 5 aliphatic rings. The van der Waals surface area contributed by atoms with Gasteiger partial charge in [-0.3, -0.25) is 43.3 Å². The number of carbonyl (C=O) groups is 6. The standard InChI is InChI=1S/C27H23N3O4.C26H21N3O4.C26H25N3O4.C18H22N2O/c31-21-10-6-9-20(15-21)17-29-18-28-24(16-19-7-2-1-3-8-19)25(29)13-14-34-30-26(32)22-11-4-5-12-23(22)27(30)33;30-20-10-6-7-18(15-20)16-28-17-27-24(19-8-2-1-3-9-19)23(28)13-14-33-29-25(31)21-11-4-5-12-22(21)26(29)32;30-22-10-6-9-20(17-22)28-15-14-27(19-7-2-1-3-8-19)18-21(28)13-16-33-29-25(31)23-11-4-5-12-24(23)26(29)32;1-2-15-14-19(16-7-4-3-5-8-16)11-12-20(15)17-9-6-10-18(21)13-17/h1-12,15,18,31H,13-14,16-17H2;1-12,15,17,30H,13-14,16H2;1-12,17,21,30H,13-16,18H2;3-10,13,15,21H,2,11-12,14H2,1H3.